The molecular formula is C48H31N5. The lowest BCUT2D eigenvalue weighted by molar-refractivity contribution is 1.18. The van der Waals surface area contributed by atoms with E-state index < -0.39 is 0 Å². The van der Waals surface area contributed by atoms with Crippen LogP contribution < -0.4 is 0 Å². The van der Waals surface area contributed by atoms with Crippen LogP contribution in [0.1, 0.15) is 0 Å². The van der Waals surface area contributed by atoms with Crippen LogP contribution in [0.25, 0.3) is 95.0 Å². The van der Waals surface area contributed by atoms with Crippen molar-refractivity contribution >= 4 is 27.6 Å². The minimum Gasteiger partial charge on any atom is -0.284 e. The minimum absolute atomic E-state index is 0.661. The van der Waals surface area contributed by atoms with E-state index in [0.717, 1.165) is 78.0 Å². The lowest BCUT2D eigenvalue weighted by atomic mass is 9.99. The van der Waals surface area contributed by atoms with E-state index in [1.807, 2.05) is 36.5 Å². The van der Waals surface area contributed by atoms with Crippen molar-refractivity contribution in [3.8, 4) is 67.4 Å². The summed E-state index contributed by atoms with van der Waals surface area (Å²) in [7, 11) is 0. The maximum Gasteiger partial charge on any atom is 0.165 e. The number of hydrogen-bond donors (Lipinski definition) is 0. The second-order valence-corrected chi connectivity index (χ2v) is 13.2. The zero-order valence-electron chi connectivity index (χ0n) is 28.6. The van der Waals surface area contributed by atoms with Crippen molar-refractivity contribution in [2.75, 3.05) is 0 Å². The van der Waals surface area contributed by atoms with Gasteiger partial charge in [-0.1, -0.05) is 152 Å². The molecule has 5 nitrogen and oxygen atoms in total. The van der Waals surface area contributed by atoms with Gasteiger partial charge in [0.1, 0.15) is 11.2 Å². The number of hydrogen-bond acceptors (Lipinski definition) is 4. The summed E-state index contributed by atoms with van der Waals surface area (Å²) in [6.07, 6.45) is 2.02. The second kappa shape index (κ2) is 12.8. The predicted octanol–water partition coefficient (Wildman–Crippen LogP) is 11.8. The maximum atomic E-state index is 5.21. The lowest BCUT2D eigenvalue weighted by Gasteiger charge is -2.12. The van der Waals surface area contributed by atoms with Crippen molar-refractivity contribution in [3.63, 3.8) is 0 Å². The summed E-state index contributed by atoms with van der Waals surface area (Å²) in [5.41, 5.74) is 13.9. The highest BCUT2D eigenvalue weighted by Gasteiger charge is 2.16. The Bertz CT molecular complexity index is 2830. The topological polar surface area (TPSA) is 56.0 Å². The summed E-state index contributed by atoms with van der Waals surface area (Å²) in [5, 5.41) is 2.14. The smallest absolute Gasteiger partial charge is 0.165 e. The van der Waals surface area contributed by atoms with E-state index in [9.17, 15) is 0 Å². The number of pyridine rings is 2. The van der Waals surface area contributed by atoms with E-state index in [1.165, 1.54) is 11.1 Å². The Balaban J connectivity index is 1.11. The van der Waals surface area contributed by atoms with Gasteiger partial charge in [-0.2, -0.15) is 0 Å². The van der Waals surface area contributed by atoms with Crippen LogP contribution >= 0.6 is 0 Å². The van der Waals surface area contributed by atoms with Gasteiger partial charge in [-0.25, -0.2) is 19.9 Å². The first-order valence-corrected chi connectivity index (χ1v) is 17.7. The third-order valence-corrected chi connectivity index (χ3v) is 9.83. The first-order valence-electron chi connectivity index (χ1n) is 17.7. The van der Waals surface area contributed by atoms with Crippen LogP contribution in [0.3, 0.4) is 0 Å². The van der Waals surface area contributed by atoms with Gasteiger partial charge in [0, 0.05) is 39.2 Å². The highest BCUT2D eigenvalue weighted by Crippen LogP contribution is 2.35. The lowest BCUT2D eigenvalue weighted by Crippen LogP contribution is -1.97. The average molecular weight is 678 g/mol. The molecule has 0 aliphatic heterocycles. The molecule has 10 rings (SSSR count). The summed E-state index contributed by atoms with van der Waals surface area (Å²) in [6, 6.07) is 63.0. The van der Waals surface area contributed by atoms with Crippen LogP contribution in [-0.4, -0.2) is 24.3 Å². The van der Waals surface area contributed by atoms with Gasteiger partial charge in [0.2, 0.25) is 0 Å². The molecule has 10 aromatic rings. The Hall–Kier alpha value is -7.24. The molecule has 0 saturated heterocycles. The van der Waals surface area contributed by atoms with E-state index in [2.05, 4.69) is 156 Å². The predicted molar refractivity (Wildman–Crippen MR) is 216 cm³/mol. The molecule has 0 amide bonds. The van der Waals surface area contributed by atoms with Gasteiger partial charge in [-0.05, 0) is 52.6 Å². The van der Waals surface area contributed by atoms with Gasteiger partial charge >= 0.3 is 0 Å². The van der Waals surface area contributed by atoms with E-state index in [-0.39, 0.29) is 0 Å². The Morgan fingerprint density at radius 2 is 0.868 bits per heavy atom. The number of aromatic nitrogens is 5. The maximum absolute atomic E-state index is 5.21. The van der Waals surface area contributed by atoms with Crippen molar-refractivity contribution in [3.05, 3.63) is 188 Å². The monoisotopic (exact) mass is 677 g/mol. The third kappa shape index (κ3) is 5.61. The molecule has 4 heterocycles. The molecule has 0 unspecified atom stereocenters. The molecule has 0 aliphatic carbocycles. The zero-order chi connectivity index (χ0) is 35.1. The van der Waals surface area contributed by atoms with Gasteiger partial charge in [-0.15, -0.1) is 0 Å². The van der Waals surface area contributed by atoms with Crippen LogP contribution in [0, 0.1) is 0 Å². The van der Waals surface area contributed by atoms with Crippen LogP contribution in [0.2, 0.25) is 0 Å². The third-order valence-electron chi connectivity index (χ3n) is 9.83. The fourth-order valence-electron chi connectivity index (χ4n) is 7.18. The molecule has 0 radical (unpaired) electrons. The summed E-state index contributed by atoms with van der Waals surface area (Å²) < 4.78 is 2.06. The molecule has 0 fully saturated rings. The Labute approximate surface area is 306 Å². The molecule has 0 saturated carbocycles. The highest BCUT2D eigenvalue weighted by atomic mass is 15.1. The Kier molecular flexibility index (Phi) is 7.40. The average Bonchev–Trinajstić information content (AvgIpc) is 3.63. The molecule has 0 atom stereocenters. The molecule has 4 aromatic heterocycles. The molecule has 0 N–H and O–H groups in total. The summed E-state index contributed by atoms with van der Waals surface area (Å²) in [6.45, 7) is 0. The van der Waals surface area contributed by atoms with E-state index in [0.29, 0.717) is 5.82 Å². The minimum atomic E-state index is 0.661. The van der Waals surface area contributed by atoms with E-state index in [4.69, 9.17) is 19.9 Å². The fraction of sp³-hybridized carbons (Fsp3) is 0. The standard InChI is InChI=1S/C48H31N5/c1-3-13-32(14-4-1)36-17-11-19-38(29-36)42-31-43(39-20-12-18-37(30-39)33-15-5-2-6-16-33)50-47(49-42)35-26-24-34(25-27-35)45-40-21-7-8-22-41(40)46-48(52-45)53-28-10-9-23-44(53)51-46/h1-31H. The molecule has 5 heteroatoms. The van der Waals surface area contributed by atoms with Crippen molar-refractivity contribution < 1.29 is 0 Å². The normalized spacial score (nSPS) is 11.4. The number of fused-ring (bicyclic) bond motifs is 5. The van der Waals surface area contributed by atoms with Gasteiger partial charge in [-0.3, -0.25) is 4.40 Å². The van der Waals surface area contributed by atoms with E-state index >= 15 is 0 Å². The van der Waals surface area contributed by atoms with Crippen LogP contribution in [0.5, 0.6) is 0 Å². The van der Waals surface area contributed by atoms with Crippen molar-refractivity contribution in [1.82, 2.24) is 24.3 Å². The number of nitrogens with zero attached hydrogens (tertiary/aromatic N) is 5. The number of imidazole rings is 1. The quantitative estimate of drug-likeness (QED) is 0.176. The van der Waals surface area contributed by atoms with Crippen LogP contribution in [0.15, 0.2) is 188 Å². The first-order chi connectivity index (χ1) is 26.2. The zero-order valence-corrected chi connectivity index (χ0v) is 28.6. The molecule has 0 bridgehead atoms. The number of rotatable bonds is 6. The molecule has 6 aromatic carbocycles. The van der Waals surface area contributed by atoms with Crippen molar-refractivity contribution in [1.29, 1.82) is 0 Å². The summed E-state index contributed by atoms with van der Waals surface area (Å²) in [5.74, 6) is 0.661. The summed E-state index contributed by atoms with van der Waals surface area (Å²) in [4.78, 5) is 20.5. The van der Waals surface area contributed by atoms with Crippen LogP contribution in [0.4, 0.5) is 0 Å². The number of benzene rings is 6. The highest BCUT2D eigenvalue weighted by molar-refractivity contribution is 6.09. The Morgan fingerprint density at radius 1 is 0.340 bits per heavy atom. The largest absolute Gasteiger partial charge is 0.284 e. The van der Waals surface area contributed by atoms with Crippen molar-refractivity contribution in [2.24, 2.45) is 0 Å². The first kappa shape index (κ1) is 30.6. The van der Waals surface area contributed by atoms with Gasteiger partial charge in [0.05, 0.1) is 17.1 Å². The Morgan fingerprint density at radius 3 is 1.51 bits per heavy atom. The molecule has 0 aliphatic rings. The molecule has 248 valence electrons. The van der Waals surface area contributed by atoms with E-state index in [1.54, 1.807) is 0 Å². The van der Waals surface area contributed by atoms with Crippen LogP contribution in [-0.2, 0) is 0 Å². The van der Waals surface area contributed by atoms with Gasteiger partial charge in [0.25, 0.3) is 0 Å². The summed E-state index contributed by atoms with van der Waals surface area (Å²) >= 11 is 0. The fourth-order valence-corrected chi connectivity index (χ4v) is 7.18. The van der Waals surface area contributed by atoms with Gasteiger partial charge < -0.3 is 0 Å². The molecule has 53 heavy (non-hydrogen) atoms. The molecular weight excluding hydrogens is 647 g/mol. The van der Waals surface area contributed by atoms with Gasteiger partial charge in [0.15, 0.2) is 11.5 Å². The molecule has 0 spiro atoms. The SMILES string of the molecule is c1ccc(-c2cccc(-c3cc(-c4cccc(-c5ccccc5)c4)nc(-c4ccc(-c5nc6c(nc7ccccn76)c6ccccc56)cc4)n3)c2)cc1. The second-order valence-electron chi connectivity index (χ2n) is 13.2. The van der Waals surface area contributed by atoms with Crippen molar-refractivity contribution in [2.45, 2.75) is 0 Å².